The molecule has 1 saturated heterocycles. The van der Waals surface area contributed by atoms with Crippen LogP contribution >= 0.6 is 11.3 Å². The van der Waals surface area contributed by atoms with E-state index in [9.17, 15) is 4.79 Å². The van der Waals surface area contributed by atoms with Gasteiger partial charge in [0.15, 0.2) is 0 Å². The van der Waals surface area contributed by atoms with Crippen molar-refractivity contribution in [1.82, 2.24) is 15.0 Å². The number of carbonyl (C=O) groups excluding carboxylic acids is 1. The van der Waals surface area contributed by atoms with E-state index in [1.807, 2.05) is 22.4 Å². The summed E-state index contributed by atoms with van der Waals surface area (Å²) in [7, 11) is 0. The fourth-order valence-electron chi connectivity index (χ4n) is 3.63. The van der Waals surface area contributed by atoms with Crippen molar-refractivity contribution in [2.24, 2.45) is 0 Å². The standard InChI is InChI=1S/C17H21N3O3S/c21-16(20-9-10-22-13-5-1-4-12(13)20)8-2-7-15-18-17(19-23-15)14-6-3-11-24-14/h3,6,11-13H,1-2,4-5,7-10H2/t12-,13+/m0/s1. The summed E-state index contributed by atoms with van der Waals surface area (Å²) < 4.78 is 11.1. The molecule has 0 N–H and O–H groups in total. The maximum atomic E-state index is 12.5. The topological polar surface area (TPSA) is 68.5 Å². The van der Waals surface area contributed by atoms with Crippen molar-refractivity contribution in [1.29, 1.82) is 0 Å². The van der Waals surface area contributed by atoms with Crippen LogP contribution in [0.4, 0.5) is 0 Å². The maximum Gasteiger partial charge on any atom is 0.226 e. The molecule has 1 saturated carbocycles. The molecule has 1 aliphatic carbocycles. The molecule has 0 aromatic carbocycles. The Morgan fingerprint density at radius 3 is 3.25 bits per heavy atom. The molecule has 128 valence electrons. The molecule has 2 aromatic rings. The number of rotatable bonds is 5. The molecule has 1 amide bonds. The molecule has 4 rings (SSSR count). The van der Waals surface area contributed by atoms with Gasteiger partial charge in [-0.25, -0.2) is 0 Å². The average Bonchev–Trinajstić information content (AvgIpc) is 3.34. The molecule has 2 aromatic heterocycles. The van der Waals surface area contributed by atoms with Crippen molar-refractivity contribution < 1.29 is 14.1 Å². The largest absolute Gasteiger partial charge is 0.374 e. The van der Waals surface area contributed by atoms with Gasteiger partial charge >= 0.3 is 0 Å². The summed E-state index contributed by atoms with van der Waals surface area (Å²) in [6.07, 6.45) is 5.48. The highest BCUT2D eigenvalue weighted by Crippen LogP contribution is 2.30. The number of nitrogens with zero attached hydrogens (tertiary/aromatic N) is 3. The Morgan fingerprint density at radius 2 is 2.38 bits per heavy atom. The van der Waals surface area contributed by atoms with Crippen LogP contribution < -0.4 is 0 Å². The van der Waals surface area contributed by atoms with E-state index in [1.54, 1.807) is 11.3 Å². The number of fused-ring (bicyclic) bond motifs is 1. The highest BCUT2D eigenvalue weighted by atomic mass is 32.1. The van der Waals surface area contributed by atoms with E-state index < -0.39 is 0 Å². The SMILES string of the molecule is O=C(CCCc1nc(-c2cccs2)no1)N1CCO[C@@H]2CCC[C@@H]21. The highest BCUT2D eigenvalue weighted by molar-refractivity contribution is 7.13. The summed E-state index contributed by atoms with van der Waals surface area (Å²) in [6, 6.07) is 4.23. The molecule has 0 unspecified atom stereocenters. The van der Waals surface area contributed by atoms with E-state index in [2.05, 4.69) is 10.1 Å². The molecule has 2 aliphatic rings. The van der Waals surface area contributed by atoms with E-state index in [1.165, 1.54) is 0 Å². The van der Waals surface area contributed by atoms with Crippen LogP contribution in [0.2, 0.25) is 0 Å². The summed E-state index contributed by atoms with van der Waals surface area (Å²) >= 11 is 1.59. The third-order valence-corrected chi connectivity index (χ3v) is 5.66. The number of hydrogen-bond acceptors (Lipinski definition) is 6. The van der Waals surface area contributed by atoms with Gasteiger partial charge in [-0.1, -0.05) is 11.2 Å². The van der Waals surface area contributed by atoms with Crippen LogP contribution in [-0.4, -0.2) is 46.2 Å². The van der Waals surface area contributed by atoms with Gasteiger partial charge < -0.3 is 14.2 Å². The Hall–Kier alpha value is -1.73. The summed E-state index contributed by atoms with van der Waals surface area (Å²) in [6.45, 7) is 1.39. The second kappa shape index (κ2) is 7.03. The zero-order chi connectivity index (χ0) is 16.4. The number of aromatic nitrogens is 2. The van der Waals surface area contributed by atoms with Crippen molar-refractivity contribution in [2.45, 2.75) is 50.7 Å². The van der Waals surface area contributed by atoms with Gasteiger partial charge in [-0.2, -0.15) is 4.98 Å². The second-order valence-corrected chi connectivity index (χ2v) is 7.28. The molecule has 2 atom stereocenters. The fourth-order valence-corrected chi connectivity index (χ4v) is 4.28. The summed E-state index contributed by atoms with van der Waals surface area (Å²) in [5.41, 5.74) is 0. The Balaban J connectivity index is 1.28. The normalized spacial score (nSPS) is 23.4. The van der Waals surface area contributed by atoms with Gasteiger partial charge in [-0.3, -0.25) is 4.79 Å². The van der Waals surface area contributed by atoms with Gasteiger partial charge in [-0.15, -0.1) is 11.3 Å². The van der Waals surface area contributed by atoms with Crippen molar-refractivity contribution in [3.05, 3.63) is 23.4 Å². The molecule has 7 heteroatoms. The van der Waals surface area contributed by atoms with Gasteiger partial charge in [0.25, 0.3) is 0 Å². The molecule has 6 nitrogen and oxygen atoms in total. The first kappa shape index (κ1) is 15.8. The lowest BCUT2D eigenvalue weighted by Crippen LogP contribution is -2.51. The van der Waals surface area contributed by atoms with E-state index in [4.69, 9.17) is 9.26 Å². The van der Waals surface area contributed by atoms with Crippen LogP contribution in [0, 0.1) is 0 Å². The summed E-state index contributed by atoms with van der Waals surface area (Å²) in [4.78, 5) is 20.0. The molecule has 0 bridgehead atoms. The average molecular weight is 347 g/mol. The van der Waals surface area contributed by atoms with E-state index in [0.29, 0.717) is 37.2 Å². The first-order valence-corrected chi connectivity index (χ1v) is 9.47. The summed E-state index contributed by atoms with van der Waals surface area (Å²) in [5, 5.41) is 5.99. The Morgan fingerprint density at radius 1 is 1.42 bits per heavy atom. The molecule has 1 aliphatic heterocycles. The third-order valence-electron chi connectivity index (χ3n) is 4.79. The fraction of sp³-hybridized carbons (Fsp3) is 0.588. The van der Waals surface area contributed by atoms with Crippen LogP contribution in [0.1, 0.15) is 38.0 Å². The van der Waals surface area contributed by atoms with E-state index in [0.717, 1.165) is 37.1 Å². The van der Waals surface area contributed by atoms with Crippen molar-refractivity contribution in [3.63, 3.8) is 0 Å². The number of morpholine rings is 1. The highest BCUT2D eigenvalue weighted by Gasteiger charge is 2.37. The van der Waals surface area contributed by atoms with E-state index in [-0.39, 0.29) is 12.0 Å². The third kappa shape index (κ3) is 3.23. The quantitative estimate of drug-likeness (QED) is 0.832. The Bertz CT molecular complexity index is 685. The lowest BCUT2D eigenvalue weighted by Gasteiger charge is -2.37. The van der Waals surface area contributed by atoms with Gasteiger partial charge in [0.2, 0.25) is 17.6 Å². The van der Waals surface area contributed by atoms with Gasteiger partial charge in [-0.05, 0) is 37.1 Å². The van der Waals surface area contributed by atoms with Crippen molar-refractivity contribution >= 4 is 17.2 Å². The molecular weight excluding hydrogens is 326 g/mol. The van der Waals surface area contributed by atoms with E-state index >= 15 is 0 Å². The first-order chi connectivity index (χ1) is 11.8. The molecule has 0 radical (unpaired) electrons. The smallest absolute Gasteiger partial charge is 0.226 e. The number of amides is 1. The zero-order valence-electron chi connectivity index (χ0n) is 13.5. The van der Waals surface area contributed by atoms with Crippen LogP contribution in [0.3, 0.4) is 0 Å². The minimum atomic E-state index is 0.230. The summed E-state index contributed by atoms with van der Waals surface area (Å²) in [5.74, 6) is 1.47. The molecule has 3 heterocycles. The molecule has 2 fully saturated rings. The van der Waals surface area contributed by atoms with Crippen molar-refractivity contribution in [3.8, 4) is 10.7 Å². The lowest BCUT2D eigenvalue weighted by molar-refractivity contribution is -0.144. The van der Waals surface area contributed by atoms with Gasteiger partial charge in [0.1, 0.15) is 0 Å². The lowest BCUT2D eigenvalue weighted by atomic mass is 10.1. The molecule has 24 heavy (non-hydrogen) atoms. The number of thiophene rings is 1. The number of aryl methyl sites for hydroxylation is 1. The number of hydrogen-bond donors (Lipinski definition) is 0. The van der Waals surface area contributed by atoms with Crippen LogP contribution in [0.15, 0.2) is 22.0 Å². The maximum absolute atomic E-state index is 12.5. The molecular formula is C17H21N3O3S. The Labute approximate surface area is 144 Å². The second-order valence-electron chi connectivity index (χ2n) is 6.34. The predicted molar refractivity (Wildman–Crippen MR) is 89.6 cm³/mol. The predicted octanol–water partition coefficient (Wildman–Crippen LogP) is 2.90. The minimum Gasteiger partial charge on any atom is -0.374 e. The first-order valence-electron chi connectivity index (χ1n) is 8.59. The zero-order valence-corrected chi connectivity index (χ0v) is 14.3. The monoisotopic (exact) mass is 347 g/mol. The van der Waals surface area contributed by atoms with Gasteiger partial charge in [0.05, 0.1) is 23.6 Å². The minimum absolute atomic E-state index is 0.230. The number of ether oxygens (including phenoxy) is 1. The van der Waals surface area contributed by atoms with Crippen LogP contribution in [0.5, 0.6) is 0 Å². The van der Waals surface area contributed by atoms with Crippen molar-refractivity contribution in [2.75, 3.05) is 13.2 Å². The number of carbonyl (C=O) groups is 1. The Kier molecular flexibility index (Phi) is 4.62. The molecule has 0 spiro atoms. The van der Waals surface area contributed by atoms with Crippen LogP contribution in [-0.2, 0) is 16.0 Å². The van der Waals surface area contributed by atoms with Crippen LogP contribution in [0.25, 0.3) is 10.7 Å². The van der Waals surface area contributed by atoms with Gasteiger partial charge in [0, 0.05) is 19.4 Å².